The Bertz CT molecular complexity index is 532. The summed E-state index contributed by atoms with van der Waals surface area (Å²) in [6.07, 6.45) is 0. The first-order valence-corrected chi connectivity index (χ1v) is 6.42. The number of nitro groups is 1. The number of amides is 1. The van der Waals surface area contributed by atoms with Crippen molar-refractivity contribution in [3.05, 3.63) is 33.9 Å². The van der Waals surface area contributed by atoms with Gasteiger partial charge in [0.25, 0.3) is 5.69 Å². The Hall–Kier alpha value is -2.15. The summed E-state index contributed by atoms with van der Waals surface area (Å²) in [7, 11) is 3.45. The largest absolute Gasteiger partial charge is 0.383 e. The Labute approximate surface area is 117 Å². The highest BCUT2D eigenvalue weighted by atomic mass is 16.6. The zero-order valence-electron chi connectivity index (χ0n) is 11.6. The fraction of sp³-hybridized carbons (Fsp3) is 0.462. The van der Waals surface area contributed by atoms with Crippen LogP contribution in [-0.2, 0) is 11.3 Å². The van der Waals surface area contributed by atoms with Crippen LogP contribution in [0.25, 0.3) is 0 Å². The molecule has 1 saturated heterocycles. The van der Waals surface area contributed by atoms with Crippen molar-refractivity contribution in [2.45, 2.75) is 6.54 Å². The van der Waals surface area contributed by atoms with Crippen molar-refractivity contribution in [2.24, 2.45) is 0 Å². The molecule has 1 aromatic rings. The van der Waals surface area contributed by atoms with Gasteiger partial charge in [-0.25, -0.2) is 0 Å². The molecule has 1 aliphatic rings. The highest BCUT2D eigenvalue weighted by Crippen LogP contribution is 2.25. The lowest BCUT2D eigenvalue weighted by atomic mass is 10.1. The summed E-state index contributed by atoms with van der Waals surface area (Å²) < 4.78 is 0. The number of likely N-dealkylation sites (N-methyl/N-ethyl adjacent to an activating group) is 1. The molecule has 1 aromatic carbocycles. The number of hydrogen-bond acceptors (Lipinski definition) is 5. The molecule has 7 heteroatoms. The van der Waals surface area contributed by atoms with E-state index in [-0.39, 0.29) is 11.6 Å². The highest BCUT2D eigenvalue weighted by molar-refractivity contribution is 5.78. The van der Waals surface area contributed by atoms with Gasteiger partial charge in [0.05, 0.1) is 11.5 Å². The third kappa shape index (κ3) is 3.05. The van der Waals surface area contributed by atoms with Crippen LogP contribution in [0.15, 0.2) is 18.2 Å². The average Bonchev–Trinajstić information content (AvgIpc) is 2.42. The maximum absolute atomic E-state index is 11.6. The van der Waals surface area contributed by atoms with Gasteiger partial charge in [0, 0.05) is 39.8 Å². The van der Waals surface area contributed by atoms with Crippen LogP contribution in [0.2, 0.25) is 0 Å². The smallest absolute Gasteiger partial charge is 0.292 e. The van der Waals surface area contributed by atoms with Gasteiger partial charge >= 0.3 is 0 Å². The number of benzene rings is 1. The van der Waals surface area contributed by atoms with Crippen molar-refractivity contribution in [3.8, 4) is 0 Å². The molecule has 0 saturated carbocycles. The van der Waals surface area contributed by atoms with E-state index >= 15 is 0 Å². The fourth-order valence-corrected chi connectivity index (χ4v) is 2.24. The molecule has 0 bridgehead atoms. The van der Waals surface area contributed by atoms with Gasteiger partial charge in [-0.15, -0.1) is 0 Å². The molecule has 108 valence electrons. The molecule has 1 N–H and O–H groups in total. The predicted molar refractivity (Wildman–Crippen MR) is 75.6 cm³/mol. The summed E-state index contributed by atoms with van der Waals surface area (Å²) in [5.41, 5.74) is 1.51. The van der Waals surface area contributed by atoms with Gasteiger partial charge in [-0.3, -0.25) is 19.8 Å². The average molecular weight is 278 g/mol. The minimum absolute atomic E-state index is 0.0608. The van der Waals surface area contributed by atoms with Gasteiger partial charge < -0.3 is 10.2 Å². The second-order valence-electron chi connectivity index (χ2n) is 4.88. The van der Waals surface area contributed by atoms with Gasteiger partial charge in [-0.2, -0.15) is 0 Å². The molecule has 1 amide bonds. The van der Waals surface area contributed by atoms with Gasteiger partial charge in [0.1, 0.15) is 5.69 Å². The Balaban J connectivity index is 2.10. The number of hydrogen-bond donors (Lipinski definition) is 1. The quantitative estimate of drug-likeness (QED) is 0.654. The summed E-state index contributed by atoms with van der Waals surface area (Å²) in [4.78, 5) is 25.9. The van der Waals surface area contributed by atoms with Crippen molar-refractivity contribution in [1.82, 2.24) is 9.80 Å². The number of piperazine rings is 1. The van der Waals surface area contributed by atoms with Crippen molar-refractivity contribution in [2.75, 3.05) is 39.0 Å². The molecule has 0 radical (unpaired) electrons. The van der Waals surface area contributed by atoms with E-state index in [1.165, 1.54) is 6.07 Å². The monoisotopic (exact) mass is 278 g/mol. The summed E-state index contributed by atoms with van der Waals surface area (Å²) in [5, 5.41) is 13.7. The number of rotatable bonds is 4. The molecule has 0 aliphatic carbocycles. The standard InChI is InChI=1S/C13H18N4O3/c1-14-11-7-10(3-4-12(11)17(19)20)8-16-6-5-15(2)13(18)9-16/h3-4,7,14H,5-6,8-9H2,1-2H3. The van der Waals surface area contributed by atoms with Gasteiger partial charge in [-0.05, 0) is 11.6 Å². The van der Waals surface area contributed by atoms with Crippen LogP contribution in [0.1, 0.15) is 5.56 Å². The first-order valence-electron chi connectivity index (χ1n) is 6.42. The van der Waals surface area contributed by atoms with Crippen LogP contribution < -0.4 is 5.32 Å². The van der Waals surface area contributed by atoms with E-state index in [1.54, 1.807) is 31.1 Å². The van der Waals surface area contributed by atoms with E-state index in [2.05, 4.69) is 5.32 Å². The molecule has 0 aromatic heterocycles. The van der Waals surface area contributed by atoms with E-state index in [4.69, 9.17) is 0 Å². The van der Waals surface area contributed by atoms with Crippen LogP contribution in [0.5, 0.6) is 0 Å². The van der Waals surface area contributed by atoms with Crippen molar-refractivity contribution < 1.29 is 9.72 Å². The Kier molecular flexibility index (Phi) is 4.19. The van der Waals surface area contributed by atoms with Crippen molar-refractivity contribution in [3.63, 3.8) is 0 Å². The molecule has 1 aliphatic heterocycles. The lowest BCUT2D eigenvalue weighted by Crippen LogP contribution is -2.47. The first kappa shape index (κ1) is 14.3. The minimum Gasteiger partial charge on any atom is -0.383 e. The molecular formula is C13H18N4O3. The van der Waals surface area contributed by atoms with Gasteiger partial charge in [0.2, 0.25) is 5.91 Å². The van der Waals surface area contributed by atoms with E-state index < -0.39 is 4.92 Å². The van der Waals surface area contributed by atoms with Crippen LogP contribution in [-0.4, -0.2) is 54.4 Å². The van der Waals surface area contributed by atoms with Crippen molar-refractivity contribution >= 4 is 17.3 Å². The number of nitrogens with zero attached hydrogens (tertiary/aromatic N) is 3. The number of nitrogens with one attached hydrogen (secondary N) is 1. The zero-order chi connectivity index (χ0) is 14.7. The minimum atomic E-state index is -0.408. The van der Waals surface area contributed by atoms with Crippen LogP contribution in [0.4, 0.5) is 11.4 Å². The molecule has 0 atom stereocenters. The molecular weight excluding hydrogens is 260 g/mol. The topological polar surface area (TPSA) is 78.7 Å². The lowest BCUT2D eigenvalue weighted by molar-refractivity contribution is -0.384. The molecule has 2 rings (SSSR count). The number of nitro benzene ring substituents is 1. The number of carbonyl (C=O) groups excluding carboxylic acids is 1. The molecule has 7 nitrogen and oxygen atoms in total. The fourth-order valence-electron chi connectivity index (χ4n) is 2.24. The molecule has 20 heavy (non-hydrogen) atoms. The van der Waals surface area contributed by atoms with E-state index in [0.29, 0.717) is 25.3 Å². The maximum Gasteiger partial charge on any atom is 0.292 e. The van der Waals surface area contributed by atoms with E-state index in [1.807, 2.05) is 4.90 Å². The summed E-state index contributed by atoms with van der Waals surface area (Å²) in [5.74, 6) is 0.104. The van der Waals surface area contributed by atoms with E-state index in [9.17, 15) is 14.9 Å². The second kappa shape index (κ2) is 5.87. The third-order valence-electron chi connectivity index (χ3n) is 3.47. The first-order chi connectivity index (χ1) is 9.51. The number of carbonyl (C=O) groups is 1. The zero-order valence-corrected chi connectivity index (χ0v) is 11.6. The van der Waals surface area contributed by atoms with Crippen LogP contribution >= 0.6 is 0 Å². The molecule has 1 heterocycles. The summed E-state index contributed by atoms with van der Waals surface area (Å²) in [6, 6.07) is 5.00. The normalized spacial score (nSPS) is 16.3. The molecule has 1 fully saturated rings. The van der Waals surface area contributed by atoms with Gasteiger partial charge in [-0.1, -0.05) is 6.07 Å². The maximum atomic E-state index is 11.6. The Morgan fingerprint density at radius 2 is 2.15 bits per heavy atom. The SMILES string of the molecule is CNc1cc(CN2CCN(C)C(=O)C2)ccc1[N+](=O)[O-]. The lowest BCUT2D eigenvalue weighted by Gasteiger charge is -2.31. The summed E-state index contributed by atoms with van der Waals surface area (Å²) >= 11 is 0. The van der Waals surface area contributed by atoms with E-state index in [0.717, 1.165) is 12.1 Å². The van der Waals surface area contributed by atoms with Crippen molar-refractivity contribution in [1.29, 1.82) is 0 Å². The third-order valence-corrected chi connectivity index (χ3v) is 3.47. The second-order valence-corrected chi connectivity index (χ2v) is 4.88. The molecule has 0 spiro atoms. The van der Waals surface area contributed by atoms with Crippen LogP contribution in [0.3, 0.4) is 0 Å². The van der Waals surface area contributed by atoms with Crippen LogP contribution in [0, 0.1) is 10.1 Å². The van der Waals surface area contributed by atoms with Gasteiger partial charge in [0.15, 0.2) is 0 Å². The Morgan fingerprint density at radius 3 is 2.75 bits per heavy atom. The number of anilines is 1. The Morgan fingerprint density at radius 1 is 1.40 bits per heavy atom. The predicted octanol–water partition coefficient (Wildman–Crippen LogP) is 0.910. The highest BCUT2D eigenvalue weighted by Gasteiger charge is 2.21. The summed E-state index contributed by atoms with van der Waals surface area (Å²) in [6.45, 7) is 2.54. The molecule has 0 unspecified atom stereocenters.